The number of aliphatic hydroxyl groups is 1. The Labute approximate surface area is 171 Å². The zero-order valence-corrected chi connectivity index (χ0v) is 19.2. The van der Waals surface area contributed by atoms with E-state index in [1.54, 1.807) is 6.92 Å². The van der Waals surface area contributed by atoms with Crippen molar-refractivity contribution in [3.63, 3.8) is 0 Å². The summed E-state index contributed by atoms with van der Waals surface area (Å²) in [5.74, 6) is -1.17. The van der Waals surface area contributed by atoms with E-state index in [2.05, 4.69) is 39.8 Å². The molecule has 28 heavy (non-hydrogen) atoms. The van der Waals surface area contributed by atoms with Crippen molar-refractivity contribution in [1.82, 2.24) is 0 Å². The average Bonchev–Trinajstić information content (AvgIpc) is 3.11. The third kappa shape index (κ3) is 6.51. The predicted octanol–water partition coefficient (Wildman–Crippen LogP) is 4.80. The Bertz CT molecular complexity index is 598. The normalized spacial score (nSPS) is 28.8. The molecule has 160 valence electrons. The van der Waals surface area contributed by atoms with Gasteiger partial charge in [-0.3, -0.25) is 14.4 Å². The van der Waals surface area contributed by atoms with Crippen molar-refractivity contribution in [2.24, 2.45) is 35.5 Å². The highest BCUT2D eigenvalue weighted by Gasteiger charge is 2.57. The maximum absolute atomic E-state index is 11.9. The van der Waals surface area contributed by atoms with Crippen LogP contribution in [0.2, 0.25) is 0 Å². The minimum absolute atomic E-state index is 0.0181. The molecule has 0 aromatic heterocycles. The Balaban J connectivity index is 0.000000683. The van der Waals surface area contributed by atoms with Gasteiger partial charge in [-0.05, 0) is 46.5 Å². The van der Waals surface area contributed by atoms with Crippen molar-refractivity contribution in [3.05, 3.63) is 23.8 Å². The summed E-state index contributed by atoms with van der Waals surface area (Å²) in [5.41, 5.74) is 0.799. The summed E-state index contributed by atoms with van der Waals surface area (Å²) in [7, 11) is 0. The van der Waals surface area contributed by atoms with Crippen molar-refractivity contribution < 1.29 is 19.5 Å². The number of carbonyl (C=O) groups excluding carboxylic acids is 3. The van der Waals surface area contributed by atoms with Gasteiger partial charge in [0.2, 0.25) is 0 Å². The molecule has 0 amide bonds. The molecule has 2 aliphatic rings. The lowest BCUT2D eigenvalue weighted by atomic mass is 9.63. The molecule has 6 unspecified atom stereocenters. The van der Waals surface area contributed by atoms with Gasteiger partial charge in [-0.25, -0.2) is 0 Å². The van der Waals surface area contributed by atoms with Crippen molar-refractivity contribution in [1.29, 1.82) is 0 Å². The van der Waals surface area contributed by atoms with Gasteiger partial charge in [-0.15, -0.1) is 0 Å². The molecular weight excluding hydrogens is 352 g/mol. The Morgan fingerprint density at radius 2 is 1.46 bits per heavy atom. The van der Waals surface area contributed by atoms with Crippen LogP contribution in [0.25, 0.3) is 0 Å². The molecule has 4 heteroatoms. The van der Waals surface area contributed by atoms with Crippen molar-refractivity contribution in [2.45, 2.75) is 74.8 Å². The second-order valence-electron chi connectivity index (χ2n) is 8.35. The number of allylic oxidation sites excluding steroid dienone is 3. The van der Waals surface area contributed by atoms with Crippen LogP contribution in [-0.4, -0.2) is 28.6 Å². The van der Waals surface area contributed by atoms with Gasteiger partial charge in [0.15, 0.2) is 0 Å². The molecule has 2 rings (SSSR count). The van der Waals surface area contributed by atoms with E-state index in [0.29, 0.717) is 0 Å². The second-order valence-corrected chi connectivity index (χ2v) is 8.35. The number of rotatable bonds is 5. The maximum atomic E-state index is 11.9. The molecule has 0 aliphatic heterocycles. The Kier molecular flexibility index (Phi) is 11.4. The van der Waals surface area contributed by atoms with E-state index in [1.807, 2.05) is 13.0 Å². The van der Waals surface area contributed by atoms with Gasteiger partial charge in [-0.1, -0.05) is 57.9 Å². The number of aliphatic hydroxyl groups excluding tert-OH is 1. The number of hydrogen-bond acceptors (Lipinski definition) is 4. The first kappa shape index (κ1) is 26.4. The first-order chi connectivity index (χ1) is 13.0. The van der Waals surface area contributed by atoms with Gasteiger partial charge in [-0.2, -0.15) is 0 Å². The molecule has 2 aliphatic carbocycles. The van der Waals surface area contributed by atoms with E-state index in [-0.39, 0.29) is 35.1 Å². The molecule has 2 bridgehead atoms. The lowest BCUT2D eigenvalue weighted by Crippen LogP contribution is -2.45. The average molecular weight is 393 g/mol. The fraction of sp³-hybridized carbons (Fsp3) is 0.708. The third-order valence-corrected chi connectivity index (χ3v) is 5.18. The van der Waals surface area contributed by atoms with Crippen molar-refractivity contribution in [3.8, 4) is 0 Å². The van der Waals surface area contributed by atoms with Crippen LogP contribution in [0.3, 0.4) is 0 Å². The Hall–Kier alpha value is -1.55. The molecule has 0 aromatic rings. The van der Waals surface area contributed by atoms with E-state index in [0.717, 1.165) is 11.5 Å². The zero-order valence-electron chi connectivity index (χ0n) is 19.2. The number of ketones is 3. The summed E-state index contributed by atoms with van der Waals surface area (Å²) < 4.78 is 0. The first-order valence-electron chi connectivity index (χ1n) is 10.5. The lowest BCUT2D eigenvalue weighted by molar-refractivity contribution is -0.136. The first-order valence-corrected chi connectivity index (χ1v) is 10.5. The van der Waals surface area contributed by atoms with Gasteiger partial charge in [0.25, 0.3) is 0 Å². The van der Waals surface area contributed by atoms with Gasteiger partial charge >= 0.3 is 0 Å². The van der Waals surface area contributed by atoms with Crippen LogP contribution in [0.1, 0.15) is 68.7 Å². The molecule has 0 heterocycles. The van der Waals surface area contributed by atoms with Crippen LogP contribution >= 0.6 is 0 Å². The van der Waals surface area contributed by atoms with Crippen LogP contribution in [0, 0.1) is 35.5 Å². The standard InChI is InChI=1S/C15H20O4.C6H12.C3H8/c1-6(16)12-10-5-11(13(12)7(2)17)15(9(4)19)14(10)8(3)18;1-4-5-6(2)3;1-3-2/h5-6,11-16H,1-4H3;4-6H,1-3H3;3H2,1-2H3. The SMILES string of the molecule is CC(=O)C1C2=CC(C1C(C)=O)C(C(C)=O)C2C(C)O.CC=CC(C)C.CCC. The quantitative estimate of drug-likeness (QED) is 0.682. The molecule has 0 aromatic carbocycles. The number of fused-ring (bicyclic) bond motifs is 1. The Morgan fingerprint density at radius 3 is 1.71 bits per heavy atom. The van der Waals surface area contributed by atoms with Gasteiger partial charge < -0.3 is 5.11 Å². The number of hydrogen-bond donors (Lipinski definition) is 1. The monoisotopic (exact) mass is 392 g/mol. The largest absolute Gasteiger partial charge is 0.393 e. The van der Waals surface area contributed by atoms with Crippen LogP contribution in [-0.2, 0) is 14.4 Å². The van der Waals surface area contributed by atoms with E-state index in [4.69, 9.17) is 0 Å². The van der Waals surface area contributed by atoms with E-state index < -0.39 is 17.9 Å². The van der Waals surface area contributed by atoms with Crippen LogP contribution in [0.5, 0.6) is 0 Å². The summed E-state index contributed by atoms with van der Waals surface area (Å²) in [6, 6.07) is 0. The van der Waals surface area contributed by atoms with Crippen molar-refractivity contribution in [2.75, 3.05) is 0 Å². The molecule has 0 spiro atoms. The fourth-order valence-electron chi connectivity index (χ4n) is 4.43. The summed E-state index contributed by atoms with van der Waals surface area (Å²) in [6.07, 6.45) is 6.70. The van der Waals surface area contributed by atoms with Gasteiger partial charge in [0.1, 0.15) is 17.3 Å². The summed E-state index contributed by atoms with van der Waals surface area (Å²) in [4.78, 5) is 35.5. The maximum Gasteiger partial charge on any atom is 0.137 e. The zero-order chi connectivity index (χ0) is 22.2. The highest BCUT2D eigenvalue weighted by Crippen LogP contribution is 2.55. The topological polar surface area (TPSA) is 71.4 Å². The van der Waals surface area contributed by atoms with Crippen LogP contribution in [0.4, 0.5) is 0 Å². The van der Waals surface area contributed by atoms with E-state index in [9.17, 15) is 19.5 Å². The van der Waals surface area contributed by atoms with E-state index in [1.165, 1.54) is 27.2 Å². The molecule has 1 N–H and O–H groups in total. The smallest absolute Gasteiger partial charge is 0.137 e. The number of Topliss-reactive ketones (excluding diaryl/α,β-unsaturated/α-hetero) is 3. The molecule has 6 atom stereocenters. The third-order valence-electron chi connectivity index (χ3n) is 5.18. The van der Waals surface area contributed by atoms with Crippen molar-refractivity contribution >= 4 is 17.3 Å². The second kappa shape index (κ2) is 12.1. The Morgan fingerprint density at radius 1 is 1.00 bits per heavy atom. The minimum atomic E-state index is -0.681. The fourth-order valence-corrected chi connectivity index (χ4v) is 4.43. The van der Waals surface area contributed by atoms with Crippen LogP contribution < -0.4 is 0 Å². The summed E-state index contributed by atoms with van der Waals surface area (Å²) in [5, 5.41) is 9.93. The number of carbonyl (C=O) groups is 3. The lowest BCUT2D eigenvalue weighted by Gasteiger charge is -2.39. The van der Waals surface area contributed by atoms with Gasteiger partial charge in [0, 0.05) is 23.7 Å². The summed E-state index contributed by atoms with van der Waals surface area (Å²) in [6.45, 7) is 16.7. The van der Waals surface area contributed by atoms with Gasteiger partial charge in [0.05, 0.1) is 6.10 Å². The highest BCUT2D eigenvalue weighted by atomic mass is 16.3. The highest BCUT2D eigenvalue weighted by molar-refractivity contribution is 5.94. The molecule has 0 saturated carbocycles. The predicted molar refractivity (Wildman–Crippen MR) is 115 cm³/mol. The van der Waals surface area contributed by atoms with E-state index >= 15 is 0 Å². The molecule has 0 saturated heterocycles. The molecule has 4 nitrogen and oxygen atoms in total. The van der Waals surface area contributed by atoms with Crippen LogP contribution in [0.15, 0.2) is 23.8 Å². The summed E-state index contributed by atoms with van der Waals surface area (Å²) >= 11 is 0. The minimum Gasteiger partial charge on any atom is -0.393 e. The molecule has 0 fully saturated rings. The molecular formula is C24H40O4. The molecule has 0 radical (unpaired) electrons.